The summed E-state index contributed by atoms with van der Waals surface area (Å²) in [4.78, 5) is 16.3. The lowest BCUT2D eigenvalue weighted by Gasteiger charge is -2.42. The number of hydrogen-bond donors (Lipinski definition) is 1. The van der Waals surface area contributed by atoms with Crippen LogP contribution in [-0.4, -0.2) is 48.4 Å². The Morgan fingerprint density at radius 3 is 1.95 bits per heavy atom. The van der Waals surface area contributed by atoms with E-state index in [1.165, 1.54) is 24.3 Å². The van der Waals surface area contributed by atoms with Crippen LogP contribution in [-0.2, 0) is 10.3 Å². The first-order valence-electron chi connectivity index (χ1n) is 12.4. The van der Waals surface area contributed by atoms with Gasteiger partial charge in [0.2, 0.25) is 0 Å². The maximum absolute atomic E-state index is 13.6. The molecule has 3 aromatic rings. The molecule has 8 heteroatoms. The Hall–Kier alpha value is -3.00. The zero-order chi connectivity index (χ0) is 25.1. The van der Waals surface area contributed by atoms with Gasteiger partial charge >= 0.3 is 6.09 Å². The topological polar surface area (TPSA) is 53.0 Å². The summed E-state index contributed by atoms with van der Waals surface area (Å²) in [5, 5.41) is 12.0. The molecule has 5 rings (SSSR count). The molecule has 2 aliphatic rings. The molecule has 1 N–H and O–H groups in total. The largest absolute Gasteiger partial charge is 0.444 e. The first-order chi connectivity index (χ1) is 17.4. The van der Waals surface area contributed by atoms with Crippen molar-refractivity contribution in [1.29, 1.82) is 0 Å². The van der Waals surface area contributed by atoms with Gasteiger partial charge in [-0.1, -0.05) is 42.5 Å². The number of cyclic esters (lactones) is 1. The van der Waals surface area contributed by atoms with E-state index in [0.29, 0.717) is 17.7 Å². The van der Waals surface area contributed by atoms with Crippen molar-refractivity contribution < 1.29 is 23.4 Å². The molecule has 196 valence electrons. The third-order valence-electron chi connectivity index (χ3n) is 7.46. The number of piperidine rings is 1. The number of halogens is 3. The van der Waals surface area contributed by atoms with E-state index in [9.17, 15) is 18.7 Å². The number of aliphatic hydroxyl groups is 1. The second kappa shape index (κ2) is 11.6. The molecule has 0 bridgehead atoms. The fourth-order valence-electron chi connectivity index (χ4n) is 5.44. The summed E-state index contributed by atoms with van der Waals surface area (Å²) >= 11 is 0. The number of carbonyl (C=O) groups is 1. The van der Waals surface area contributed by atoms with Crippen molar-refractivity contribution in [2.75, 3.05) is 31.1 Å². The van der Waals surface area contributed by atoms with Crippen LogP contribution in [0, 0.1) is 17.6 Å². The minimum atomic E-state index is -1.34. The van der Waals surface area contributed by atoms with E-state index in [2.05, 4.69) is 4.90 Å². The summed E-state index contributed by atoms with van der Waals surface area (Å²) in [6.45, 7) is 2.88. The average molecular weight is 529 g/mol. The van der Waals surface area contributed by atoms with Crippen LogP contribution in [0.3, 0.4) is 0 Å². The average Bonchev–Trinajstić information content (AvgIpc) is 3.29. The fourth-order valence-corrected chi connectivity index (χ4v) is 5.44. The monoisotopic (exact) mass is 528 g/mol. The first-order valence-corrected chi connectivity index (χ1v) is 12.4. The fraction of sp³-hybridized carbons (Fsp3) is 0.345. The van der Waals surface area contributed by atoms with Gasteiger partial charge in [-0.3, -0.25) is 4.90 Å². The molecule has 0 aromatic heterocycles. The summed E-state index contributed by atoms with van der Waals surface area (Å²) in [7, 11) is 0. The molecule has 2 aliphatic heterocycles. The van der Waals surface area contributed by atoms with E-state index < -0.39 is 5.60 Å². The molecule has 5 nitrogen and oxygen atoms in total. The Morgan fingerprint density at radius 1 is 0.865 bits per heavy atom. The molecule has 1 amide bonds. The van der Waals surface area contributed by atoms with Crippen molar-refractivity contribution in [3.63, 3.8) is 0 Å². The molecule has 0 saturated carbocycles. The summed E-state index contributed by atoms with van der Waals surface area (Å²) in [5.41, 5.74) is 0.706. The minimum absolute atomic E-state index is 0. The Balaban J connectivity index is 0.00000320. The first kappa shape index (κ1) is 27.0. The van der Waals surface area contributed by atoms with E-state index in [4.69, 9.17) is 4.74 Å². The molecule has 1 atom stereocenters. The maximum atomic E-state index is 13.6. The molecule has 3 aromatic carbocycles. The SMILES string of the molecule is Cl.O=C1OC(CCN2CCC(C(O)(c3ccc(F)cc3)c3ccc(F)cc3)CC2)CN1c1ccccc1. The molecule has 0 radical (unpaired) electrons. The van der Waals surface area contributed by atoms with Crippen LogP contribution < -0.4 is 4.90 Å². The summed E-state index contributed by atoms with van der Waals surface area (Å²) < 4.78 is 32.8. The van der Waals surface area contributed by atoms with Crippen molar-refractivity contribution in [3.05, 3.63) is 102 Å². The number of likely N-dealkylation sites (tertiary alicyclic amines) is 1. The van der Waals surface area contributed by atoms with Gasteiger partial charge in [-0.2, -0.15) is 0 Å². The van der Waals surface area contributed by atoms with Crippen molar-refractivity contribution in [2.24, 2.45) is 5.92 Å². The lowest BCUT2D eigenvalue weighted by molar-refractivity contribution is -0.0155. The van der Waals surface area contributed by atoms with Gasteiger partial charge in [0.25, 0.3) is 0 Å². The van der Waals surface area contributed by atoms with E-state index in [-0.39, 0.29) is 42.2 Å². The Kier molecular flexibility index (Phi) is 8.47. The van der Waals surface area contributed by atoms with Crippen LogP contribution in [0.1, 0.15) is 30.4 Å². The number of anilines is 1. The van der Waals surface area contributed by atoms with Gasteiger partial charge in [-0.25, -0.2) is 13.6 Å². The predicted molar refractivity (Wildman–Crippen MR) is 141 cm³/mol. The van der Waals surface area contributed by atoms with E-state index in [0.717, 1.165) is 44.6 Å². The van der Waals surface area contributed by atoms with E-state index in [1.54, 1.807) is 29.2 Å². The smallest absolute Gasteiger partial charge is 0.414 e. The molecule has 2 saturated heterocycles. The number of hydrogen-bond acceptors (Lipinski definition) is 4. The molecule has 2 heterocycles. The lowest BCUT2D eigenvalue weighted by Crippen LogP contribution is -2.44. The normalized spacial score (nSPS) is 18.9. The number of nitrogens with zero attached hydrogens (tertiary/aromatic N) is 2. The second-order valence-electron chi connectivity index (χ2n) is 9.64. The van der Waals surface area contributed by atoms with Gasteiger partial charge in [0.15, 0.2) is 0 Å². The highest BCUT2D eigenvalue weighted by Crippen LogP contribution is 2.42. The van der Waals surface area contributed by atoms with E-state index >= 15 is 0 Å². The number of para-hydroxylation sites is 1. The molecule has 2 fully saturated rings. The van der Waals surface area contributed by atoms with Gasteiger partial charge in [0, 0.05) is 12.2 Å². The standard InChI is InChI=1S/C29H30F2N2O3.ClH/c30-24-10-6-21(7-11-24)29(35,22-8-12-25(31)13-9-22)23-14-17-32(18-15-23)19-16-27-20-33(28(34)36-27)26-4-2-1-3-5-26;/h1-13,23,27,35H,14-20H2;1H. The number of ether oxygens (including phenoxy) is 1. The summed E-state index contributed by atoms with van der Waals surface area (Å²) in [5.74, 6) is -0.843. The van der Waals surface area contributed by atoms with Crippen LogP contribution in [0.5, 0.6) is 0 Å². The molecule has 0 spiro atoms. The molecule has 0 aliphatic carbocycles. The van der Waals surface area contributed by atoms with Gasteiger partial charge in [-0.05, 0) is 85.8 Å². The van der Waals surface area contributed by atoms with Crippen LogP contribution in [0.25, 0.3) is 0 Å². The van der Waals surface area contributed by atoms with Crippen molar-refractivity contribution >= 4 is 24.2 Å². The lowest BCUT2D eigenvalue weighted by atomic mass is 9.72. The molecule has 1 unspecified atom stereocenters. The Bertz CT molecular complexity index is 1120. The number of rotatable bonds is 7. The van der Waals surface area contributed by atoms with Gasteiger partial charge in [-0.15, -0.1) is 12.4 Å². The maximum Gasteiger partial charge on any atom is 0.414 e. The zero-order valence-electron chi connectivity index (χ0n) is 20.4. The number of carbonyl (C=O) groups excluding carboxylic acids is 1. The summed E-state index contributed by atoms with van der Waals surface area (Å²) in [6.07, 6.45) is 1.72. The third kappa shape index (κ3) is 5.79. The van der Waals surface area contributed by atoms with Crippen molar-refractivity contribution in [1.82, 2.24) is 4.90 Å². The van der Waals surface area contributed by atoms with Gasteiger partial charge in [0.05, 0.1) is 6.54 Å². The highest BCUT2D eigenvalue weighted by molar-refractivity contribution is 5.89. The number of benzene rings is 3. The minimum Gasteiger partial charge on any atom is -0.444 e. The van der Waals surface area contributed by atoms with E-state index in [1.807, 2.05) is 30.3 Å². The Labute approximate surface area is 222 Å². The number of amides is 1. The van der Waals surface area contributed by atoms with Crippen molar-refractivity contribution in [3.8, 4) is 0 Å². The molecular formula is C29H31ClF2N2O3. The van der Waals surface area contributed by atoms with Crippen molar-refractivity contribution in [2.45, 2.75) is 31.0 Å². The highest BCUT2D eigenvalue weighted by atomic mass is 35.5. The van der Waals surface area contributed by atoms with Crippen LogP contribution in [0.4, 0.5) is 19.3 Å². The summed E-state index contributed by atoms with van der Waals surface area (Å²) in [6, 6.07) is 21.3. The highest BCUT2D eigenvalue weighted by Gasteiger charge is 2.42. The van der Waals surface area contributed by atoms with Crippen LogP contribution in [0.2, 0.25) is 0 Å². The van der Waals surface area contributed by atoms with Gasteiger partial charge in [0.1, 0.15) is 23.3 Å². The van der Waals surface area contributed by atoms with Gasteiger partial charge < -0.3 is 14.7 Å². The molecular weight excluding hydrogens is 498 g/mol. The van der Waals surface area contributed by atoms with Crippen LogP contribution >= 0.6 is 12.4 Å². The second-order valence-corrected chi connectivity index (χ2v) is 9.64. The zero-order valence-corrected chi connectivity index (χ0v) is 21.2. The van der Waals surface area contributed by atoms with Crippen LogP contribution in [0.15, 0.2) is 78.9 Å². The molecule has 37 heavy (non-hydrogen) atoms. The Morgan fingerprint density at radius 2 is 1.41 bits per heavy atom. The quantitative estimate of drug-likeness (QED) is 0.424. The predicted octanol–water partition coefficient (Wildman–Crippen LogP) is 5.75. The third-order valence-corrected chi connectivity index (χ3v) is 7.46.